The van der Waals surface area contributed by atoms with Gasteiger partial charge in [0.05, 0.1) is 23.5 Å². The molecule has 0 amide bonds. The van der Waals surface area contributed by atoms with Gasteiger partial charge in [-0.3, -0.25) is 10.1 Å². The van der Waals surface area contributed by atoms with Crippen LogP contribution in [-0.2, 0) is 16.6 Å². The average Bonchev–Trinajstić information content (AvgIpc) is 3.19. The largest absolute Gasteiger partial charge is 0.467 e. The zero-order chi connectivity index (χ0) is 19.4. The van der Waals surface area contributed by atoms with Gasteiger partial charge in [0, 0.05) is 37.9 Å². The van der Waals surface area contributed by atoms with Gasteiger partial charge in [-0.25, -0.2) is 8.42 Å². The van der Waals surface area contributed by atoms with E-state index in [0.717, 1.165) is 5.69 Å². The molecule has 1 aliphatic heterocycles. The Kier molecular flexibility index (Phi) is 5.66. The normalized spacial score (nSPS) is 15.7. The first kappa shape index (κ1) is 19.2. The molecule has 146 valence electrons. The van der Waals surface area contributed by atoms with E-state index in [1.54, 1.807) is 37.5 Å². The molecule has 1 aromatic heterocycles. The predicted molar refractivity (Wildman–Crippen MR) is 102 cm³/mol. The van der Waals surface area contributed by atoms with Crippen molar-refractivity contribution in [3.8, 4) is 0 Å². The van der Waals surface area contributed by atoms with Crippen LogP contribution in [0.5, 0.6) is 0 Å². The number of nitro groups is 1. The van der Waals surface area contributed by atoms with Gasteiger partial charge in [-0.05, 0) is 31.2 Å². The first-order chi connectivity index (χ1) is 12.9. The summed E-state index contributed by atoms with van der Waals surface area (Å²) in [6.45, 7) is 3.85. The van der Waals surface area contributed by atoms with Crippen LogP contribution in [0.15, 0.2) is 41.0 Å². The standard InChI is InChI=1S/C17H22N4O5S/c1-2-27(24,25)20-9-7-19(8-10-20)14-5-6-17(21(22)23)16(12-14)18-13-15-4-3-11-26-15/h3-6,11-12,18H,2,7-10,13H2,1H3. The van der Waals surface area contributed by atoms with Crippen LogP contribution in [0.4, 0.5) is 17.1 Å². The summed E-state index contributed by atoms with van der Waals surface area (Å²) < 4.78 is 30.7. The zero-order valence-corrected chi connectivity index (χ0v) is 15.8. The summed E-state index contributed by atoms with van der Waals surface area (Å²) in [6, 6.07) is 8.43. The SMILES string of the molecule is CCS(=O)(=O)N1CCN(c2ccc([N+](=O)[O-])c(NCc3ccco3)c2)CC1. The first-order valence-electron chi connectivity index (χ1n) is 8.68. The second kappa shape index (κ2) is 7.97. The molecule has 0 radical (unpaired) electrons. The molecule has 1 N–H and O–H groups in total. The summed E-state index contributed by atoms with van der Waals surface area (Å²) in [4.78, 5) is 12.9. The lowest BCUT2D eigenvalue weighted by Gasteiger charge is -2.35. The molecule has 27 heavy (non-hydrogen) atoms. The summed E-state index contributed by atoms with van der Waals surface area (Å²) in [5.74, 6) is 0.763. The van der Waals surface area contributed by atoms with Crippen molar-refractivity contribution in [1.29, 1.82) is 0 Å². The Balaban J connectivity index is 1.74. The van der Waals surface area contributed by atoms with Crippen molar-refractivity contribution in [1.82, 2.24) is 4.31 Å². The summed E-state index contributed by atoms with van der Waals surface area (Å²) in [6.07, 6.45) is 1.55. The van der Waals surface area contributed by atoms with E-state index in [2.05, 4.69) is 5.32 Å². The number of nitrogens with one attached hydrogen (secondary N) is 1. The van der Waals surface area contributed by atoms with Gasteiger partial charge in [0.15, 0.2) is 0 Å². The highest BCUT2D eigenvalue weighted by Crippen LogP contribution is 2.30. The van der Waals surface area contributed by atoms with Crippen LogP contribution < -0.4 is 10.2 Å². The zero-order valence-electron chi connectivity index (χ0n) is 15.0. The molecule has 0 saturated carbocycles. The van der Waals surface area contributed by atoms with Crippen molar-refractivity contribution in [2.45, 2.75) is 13.5 Å². The predicted octanol–water partition coefficient (Wildman–Crippen LogP) is 2.27. The van der Waals surface area contributed by atoms with Crippen LogP contribution >= 0.6 is 0 Å². The number of furan rings is 1. The van der Waals surface area contributed by atoms with Crippen molar-refractivity contribution >= 4 is 27.1 Å². The van der Waals surface area contributed by atoms with Crippen molar-refractivity contribution in [3.63, 3.8) is 0 Å². The van der Waals surface area contributed by atoms with Crippen LogP contribution in [0.1, 0.15) is 12.7 Å². The number of nitrogens with zero attached hydrogens (tertiary/aromatic N) is 3. The topological polar surface area (TPSA) is 109 Å². The molecule has 3 rings (SSSR count). The van der Waals surface area contributed by atoms with E-state index in [9.17, 15) is 18.5 Å². The van der Waals surface area contributed by atoms with Crippen molar-refractivity contribution < 1.29 is 17.8 Å². The second-order valence-corrected chi connectivity index (χ2v) is 8.44. The minimum Gasteiger partial charge on any atom is -0.467 e. The van der Waals surface area contributed by atoms with E-state index in [-0.39, 0.29) is 11.4 Å². The minimum atomic E-state index is -3.19. The van der Waals surface area contributed by atoms with Crippen LogP contribution in [0.2, 0.25) is 0 Å². The van der Waals surface area contributed by atoms with Gasteiger partial charge in [0.1, 0.15) is 11.4 Å². The van der Waals surface area contributed by atoms with Crippen molar-refractivity contribution in [2.75, 3.05) is 42.1 Å². The molecule has 2 aromatic rings. The fraction of sp³-hybridized carbons (Fsp3) is 0.412. The third-order valence-electron chi connectivity index (χ3n) is 4.57. The highest BCUT2D eigenvalue weighted by molar-refractivity contribution is 7.89. The second-order valence-electron chi connectivity index (χ2n) is 6.18. The number of hydrogen-bond acceptors (Lipinski definition) is 7. The third kappa shape index (κ3) is 4.40. The lowest BCUT2D eigenvalue weighted by atomic mass is 10.2. The van der Waals surface area contributed by atoms with E-state index in [1.807, 2.05) is 4.90 Å². The minimum absolute atomic E-state index is 0.0162. The van der Waals surface area contributed by atoms with Crippen molar-refractivity contribution in [2.24, 2.45) is 0 Å². The van der Waals surface area contributed by atoms with Crippen LogP contribution in [0.3, 0.4) is 0 Å². The van der Waals surface area contributed by atoms with Gasteiger partial charge in [-0.1, -0.05) is 0 Å². The van der Waals surface area contributed by atoms with Crippen LogP contribution in [-0.4, -0.2) is 49.6 Å². The number of benzene rings is 1. The number of nitro benzene ring substituents is 1. The molecule has 0 unspecified atom stereocenters. The summed E-state index contributed by atoms with van der Waals surface area (Å²) in [5, 5.41) is 14.4. The molecular formula is C17H22N4O5S. The molecule has 0 aliphatic carbocycles. The van der Waals surface area contributed by atoms with Gasteiger partial charge in [-0.15, -0.1) is 0 Å². The molecular weight excluding hydrogens is 372 g/mol. The lowest BCUT2D eigenvalue weighted by molar-refractivity contribution is -0.384. The summed E-state index contributed by atoms with van der Waals surface area (Å²) >= 11 is 0. The van der Waals surface area contributed by atoms with Gasteiger partial charge in [0.2, 0.25) is 10.0 Å². The molecule has 0 bridgehead atoms. The average molecular weight is 394 g/mol. The van der Waals surface area contributed by atoms with Gasteiger partial charge >= 0.3 is 0 Å². The Morgan fingerprint density at radius 3 is 2.56 bits per heavy atom. The molecule has 10 heteroatoms. The van der Waals surface area contributed by atoms with E-state index in [1.165, 1.54) is 10.4 Å². The molecule has 1 saturated heterocycles. The Morgan fingerprint density at radius 2 is 1.96 bits per heavy atom. The molecule has 0 spiro atoms. The third-order valence-corrected chi connectivity index (χ3v) is 6.45. The van der Waals surface area contributed by atoms with E-state index < -0.39 is 14.9 Å². The number of piperazine rings is 1. The van der Waals surface area contributed by atoms with Gasteiger partial charge < -0.3 is 14.6 Å². The number of rotatable bonds is 7. The maximum atomic E-state index is 12.0. The number of sulfonamides is 1. The highest BCUT2D eigenvalue weighted by atomic mass is 32.2. The van der Waals surface area contributed by atoms with Crippen molar-refractivity contribution in [3.05, 3.63) is 52.5 Å². The Hall–Kier alpha value is -2.59. The monoisotopic (exact) mass is 394 g/mol. The van der Waals surface area contributed by atoms with Gasteiger partial charge in [-0.2, -0.15) is 4.31 Å². The quantitative estimate of drug-likeness (QED) is 0.567. The van der Waals surface area contributed by atoms with E-state index in [4.69, 9.17) is 4.42 Å². The van der Waals surface area contributed by atoms with Crippen LogP contribution in [0, 0.1) is 10.1 Å². The maximum Gasteiger partial charge on any atom is 0.292 e. The molecule has 1 fully saturated rings. The lowest BCUT2D eigenvalue weighted by Crippen LogP contribution is -2.49. The van der Waals surface area contributed by atoms with Gasteiger partial charge in [0.25, 0.3) is 5.69 Å². The first-order valence-corrected chi connectivity index (χ1v) is 10.3. The maximum absolute atomic E-state index is 12.0. The van der Waals surface area contributed by atoms with E-state index >= 15 is 0 Å². The highest BCUT2D eigenvalue weighted by Gasteiger charge is 2.26. The number of hydrogen-bond donors (Lipinski definition) is 1. The van der Waals surface area contributed by atoms with E-state index in [0.29, 0.717) is 44.2 Å². The smallest absolute Gasteiger partial charge is 0.292 e. The molecule has 1 aromatic carbocycles. The summed E-state index contributed by atoms with van der Waals surface area (Å²) in [7, 11) is -3.19. The Morgan fingerprint density at radius 1 is 1.22 bits per heavy atom. The Labute approximate surface area is 157 Å². The summed E-state index contributed by atoms with van der Waals surface area (Å²) in [5.41, 5.74) is 1.20. The fourth-order valence-electron chi connectivity index (χ4n) is 3.02. The molecule has 2 heterocycles. The number of anilines is 2. The fourth-order valence-corrected chi connectivity index (χ4v) is 4.11. The molecule has 0 atom stereocenters. The molecule has 1 aliphatic rings. The van der Waals surface area contributed by atoms with Crippen LogP contribution in [0.25, 0.3) is 0 Å². The Bertz CT molecular complexity index is 890. The molecule has 9 nitrogen and oxygen atoms in total.